The highest BCUT2D eigenvalue weighted by molar-refractivity contribution is 5.76. The van der Waals surface area contributed by atoms with E-state index in [1.807, 2.05) is 30.3 Å². The molecular weight excluding hydrogens is 348 g/mol. The summed E-state index contributed by atoms with van der Waals surface area (Å²) in [5.74, 6) is -0.444. The van der Waals surface area contributed by atoms with E-state index >= 15 is 0 Å². The van der Waals surface area contributed by atoms with Crippen molar-refractivity contribution < 1.29 is 9.53 Å². The van der Waals surface area contributed by atoms with Gasteiger partial charge in [-0.3, -0.25) is 18.7 Å². The average Bonchev–Trinajstić information content (AvgIpc) is 3.07. The molecule has 3 aromatic rings. The highest BCUT2D eigenvalue weighted by Gasteiger charge is 2.31. The lowest BCUT2D eigenvalue weighted by molar-refractivity contribution is -0.151. The van der Waals surface area contributed by atoms with Crippen LogP contribution in [-0.4, -0.2) is 31.8 Å². The number of hydrogen-bond acceptors (Lipinski definition) is 5. The summed E-state index contributed by atoms with van der Waals surface area (Å²) in [6, 6.07) is 9.66. The fourth-order valence-electron chi connectivity index (χ4n) is 3.08. The van der Waals surface area contributed by atoms with Crippen LogP contribution in [0.3, 0.4) is 0 Å². The summed E-state index contributed by atoms with van der Waals surface area (Å²) in [5.41, 5.74) is -0.305. The van der Waals surface area contributed by atoms with Crippen LogP contribution >= 0.6 is 0 Å². The van der Waals surface area contributed by atoms with Crippen molar-refractivity contribution in [2.75, 3.05) is 7.11 Å². The predicted octanol–water partition coefficient (Wildman–Crippen LogP) is 1.14. The van der Waals surface area contributed by atoms with Crippen molar-refractivity contribution in [2.45, 2.75) is 26.9 Å². The molecule has 142 valence electrons. The molecule has 0 aliphatic heterocycles. The van der Waals surface area contributed by atoms with Gasteiger partial charge in [0.2, 0.25) is 0 Å². The number of nitrogens with zero attached hydrogens (tertiary/aromatic N) is 4. The summed E-state index contributed by atoms with van der Waals surface area (Å²) in [6.45, 7) is 3.86. The molecule has 27 heavy (non-hydrogen) atoms. The largest absolute Gasteiger partial charge is 0.469 e. The molecule has 3 rings (SSSR count). The Labute approximate surface area is 155 Å². The Balaban J connectivity index is 2.17. The van der Waals surface area contributed by atoms with Crippen LogP contribution in [0.25, 0.3) is 11.2 Å². The Morgan fingerprint density at radius 2 is 1.85 bits per heavy atom. The Hall–Kier alpha value is -3.16. The average molecular weight is 370 g/mol. The SMILES string of the molecule is COC(=O)C(C)(C)Cn1c(=O)n(C)c(=O)c2c1ncn2Cc1ccccc1. The van der Waals surface area contributed by atoms with Crippen molar-refractivity contribution in [2.24, 2.45) is 12.5 Å². The molecule has 0 N–H and O–H groups in total. The van der Waals surface area contributed by atoms with Gasteiger partial charge in [0.15, 0.2) is 11.2 Å². The van der Waals surface area contributed by atoms with Crippen LogP contribution in [0.4, 0.5) is 0 Å². The van der Waals surface area contributed by atoms with Gasteiger partial charge in [0.05, 0.1) is 18.9 Å². The van der Waals surface area contributed by atoms with Crippen molar-refractivity contribution in [1.29, 1.82) is 0 Å². The second-order valence-corrected chi connectivity index (χ2v) is 7.14. The van der Waals surface area contributed by atoms with Crippen LogP contribution in [-0.2, 0) is 29.7 Å². The summed E-state index contributed by atoms with van der Waals surface area (Å²) in [5, 5.41) is 0. The van der Waals surface area contributed by atoms with Crippen LogP contribution in [0.15, 0.2) is 46.2 Å². The number of esters is 1. The maximum absolute atomic E-state index is 12.7. The zero-order valence-corrected chi connectivity index (χ0v) is 15.8. The zero-order valence-electron chi connectivity index (χ0n) is 15.8. The number of methoxy groups -OCH3 is 1. The first-order valence-corrected chi connectivity index (χ1v) is 8.53. The third kappa shape index (κ3) is 3.30. The van der Waals surface area contributed by atoms with E-state index < -0.39 is 22.6 Å². The molecule has 2 heterocycles. The molecule has 8 heteroatoms. The summed E-state index contributed by atoms with van der Waals surface area (Å²) in [6.07, 6.45) is 1.54. The normalized spacial score (nSPS) is 11.7. The molecule has 0 radical (unpaired) electrons. The third-order valence-corrected chi connectivity index (χ3v) is 4.59. The Bertz CT molecular complexity index is 1110. The van der Waals surface area contributed by atoms with Crippen molar-refractivity contribution in [3.8, 4) is 0 Å². The molecule has 0 fully saturated rings. The molecule has 0 spiro atoms. The minimum absolute atomic E-state index is 0.0471. The first-order chi connectivity index (χ1) is 12.8. The van der Waals surface area contributed by atoms with Gasteiger partial charge < -0.3 is 9.30 Å². The number of benzene rings is 1. The standard InChI is InChI=1S/C19H22N4O4/c1-19(2,17(25)27-4)11-23-15-14(16(24)21(3)18(23)26)22(12-20-15)10-13-8-6-5-7-9-13/h5-9,12H,10-11H2,1-4H3. The van der Waals surface area contributed by atoms with Crippen LogP contribution in [0.1, 0.15) is 19.4 Å². The number of ether oxygens (including phenoxy) is 1. The molecular formula is C19H22N4O4. The number of imidazole rings is 1. The molecule has 2 aromatic heterocycles. The lowest BCUT2D eigenvalue weighted by atomic mass is 9.93. The molecule has 0 amide bonds. The smallest absolute Gasteiger partial charge is 0.332 e. The van der Waals surface area contributed by atoms with E-state index in [-0.39, 0.29) is 12.2 Å². The van der Waals surface area contributed by atoms with Gasteiger partial charge in [-0.05, 0) is 19.4 Å². The fourth-order valence-corrected chi connectivity index (χ4v) is 3.08. The van der Waals surface area contributed by atoms with Gasteiger partial charge in [-0.25, -0.2) is 9.78 Å². The number of rotatable bonds is 5. The van der Waals surface area contributed by atoms with E-state index in [4.69, 9.17) is 4.74 Å². The topological polar surface area (TPSA) is 88.1 Å². The molecule has 1 aromatic carbocycles. The Kier molecular flexibility index (Phi) is 4.73. The fraction of sp³-hybridized carbons (Fsp3) is 0.368. The first kappa shape index (κ1) is 18.6. The molecule has 0 bridgehead atoms. The number of carbonyl (C=O) groups excluding carboxylic acids is 1. The second kappa shape index (κ2) is 6.86. The van der Waals surface area contributed by atoms with Crippen molar-refractivity contribution in [3.63, 3.8) is 0 Å². The summed E-state index contributed by atoms with van der Waals surface area (Å²) < 4.78 is 8.94. The van der Waals surface area contributed by atoms with Gasteiger partial charge in [-0.1, -0.05) is 30.3 Å². The highest BCUT2D eigenvalue weighted by atomic mass is 16.5. The van der Waals surface area contributed by atoms with Crippen LogP contribution in [0, 0.1) is 5.41 Å². The van der Waals surface area contributed by atoms with Crippen molar-refractivity contribution in [1.82, 2.24) is 18.7 Å². The molecule has 0 saturated carbocycles. The van der Waals surface area contributed by atoms with Gasteiger partial charge in [0, 0.05) is 20.1 Å². The molecule has 0 aliphatic carbocycles. The van der Waals surface area contributed by atoms with Crippen LogP contribution in [0.2, 0.25) is 0 Å². The molecule has 0 saturated heterocycles. The number of hydrogen-bond donors (Lipinski definition) is 0. The molecule has 0 unspecified atom stereocenters. The van der Waals surface area contributed by atoms with Gasteiger partial charge in [-0.15, -0.1) is 0 Å². The predicted molar refractivity (Wildman–Crippen MR) is 101 cm³/mol. The van der Waals surface area contributed by atoms with Gasteiger partial charge in [-0.2, -0.15) is 0 Å². The van der Waals surface area contributed by atoms with Crippen LogP contribution in [0.5, 0.6) is 0 Å². The molecule has 8 nitrogen and oxygen atoms in total. The summed E-state index contributed by atoms with van der Waals surface area (Å²) in [4.78, 5) is 41.8. The van der Waals surface area contributed by atoms with E-state index in [9.17, 15) is 14.4 Å². The van der Waals surface area contributed by atoms with Gasteiger partial charge >= 0.3 is 11.7 Å². The zero-order chi connectivity index (χ0) is 19.8. The minimum atomic E-state index is -0.952. The third-order valence-electron chi connectivity index (χ3n) is 4.59. The molecule has 0 aliphatic rings. The quantitative estimate of drug-likeness (QED) is 0.629. The van der Waals surface area contributed by atoms with Crippen molar-refractivity contribution >= 4 is 17.1 Å². The Morgan fingerprint density at radius 3 is 2.48 bits per heavy atom. The molecule has 0 atom stereocenters. The second-order valence-electron chi connectivity index (χ2n) is 7.14. The van der Waals surface area contributed by atoms with E-state index in [0.29, 0.717) is 12.1 Å². The number of fused-ring (bicyclic) bond motifs is 1. The van der Waals surface area contributed by atoms with Gasteiger partial charge in [0.1, 0.15) is 0 Å². The van der Waals surface area contributed by atoms with Crippen LogP contribution < -0.4 is 11.2 Å². The Morgan fingerprint density at radius 1 is 1.19 bits per heavy atom. The minimum Gasteiger partial charge on any atom is -0.469 e. The monoisotopic (exact) mass is 370 g/mol. The number of carbonyl (C=O) groups is 1. The summed E-state index contributed by atoms with van der Waals surface area (Å²) >= 11 is 0. The van der Waals surface area contributed by atoms with E-state index in [0.717, 1.165) is 10.1 Å². The highest BCUT2D eigenvalue weighted by Crippen LogP contribution is 2.21. The first-order valence-electron chi connectivity index (χ1n) is 8.53. The lowest BCUT2D eigenvalue weighted by Gasteiger charge is -2.22. The van der Waals surface area contributed by atoms with Gasteiger partial charge in [0.25, 0.3) is 5.56 Å². The maximum atomic E-state index is 12.7. The van der Waals surface area contributed by atoms with Crippen molar-refractivity contribution in [3.05, 3.63) is 63.1 Å². The maximum Gasteiger partial charge on any atom is 0.332 e. The summed E-state index contributed by atoms with van der Waals surface area (Å²) in [7, 11) is 2.73. The van der Waals surface area contributed by atoms with E-state index in [1.54, 1.807) is 24.7 Å². The van der Waals surface area contributed by atoms with E-state index in [2.05, 4.69) is 4.98 Å². The number of aromatic nitrogens is 4. The lowest BCUT2D eigenvalue weighted by Crippen LogP contribution is -2.42. The van der Waals surface area contributed by atoms with E-state index in [1.165, 1.54) is 18.7 Å².